The van der Waals surface area contributed by atoms with Crippen LogP contribution in [0.5, 0.6) is 0 Å². The van der Waals surface area contributed by atoms with E-state index in [9.17, 15) is 43.2 Å². The number of phosphoric acid groups is 2. The monoisotopic (exact) mass is 1530 g/mol. The lowest BCUT2D eigenvalue weighted by Gasteiger charge is -2.21. The van der Waals surface area contributed by atoms with E-state index in [0.717, 1.165) is 186 Å². The highest BCUT2D eigenvalue weighted by Gasteiger charge is 2.30. The number of ether oxygens (including phenoxy) is 4. The van der Waals surface area contributed by atoms with Gasteiger partial charge in [0.1, 0.15) is 19.3 Å². The van der Waals surface area contributed by atoms with E-state index in [1.165, 1.54) is 70.6 Å². The van der Waals surface area contributed by atoms with Crippen LogP contribution in [0.2, 0.25) is 0 Å². The van der Waals surface area contributed by atoms with Gasteiger partial charge in [-0.05, 0) is 141 Å². The van der Waals surface area contributed by atoms with Crippen molar-refractivity contribution in [1.29, 1.82) is 0 Å². The first-order valence-corrected chi connectivity index (χ1v) is 44.4. The molecule has 608 valence electrons. The molecule has 19 heteroatoms. The van der Waals surface area contributed by atoms with Gasteiger partial charge in [-0.2, -0.15) is 0 Å². The largest absolute Gasteiger partial charge is 0.472 e. The molecule has 0 heterocycles. The lowest BCUT2D eigenvalue weighted by Crippen LogP contribution is -2.30. The Balaban J connectivity index is 5.39. The normalized spacial score (nSPS) is 14.5. The van der Waals surface area contributed by atoms with Crippen LogP contribution in [0.25, 0.3) is 0 Å². The summed E-state index contributed by atoms with van der Waals surface area (Å²) in [5.74, 6) is -2.23. The van der Waals surface area contributed by atoms with E-state index < -0.39 is 97.5 Å². The van der Waals surface area contributed by atoms with Crippen LogP contribution in [0.3, 0.4) is 0 Å². The van der Waals surface area contributed by atoms with Crippen LogP contribution in [0.1, 0.15) is 336 Å². The second kappa shape index (κ2) is 78.3. The molecule has 0 aliphatic heterocycles. The van der Waals surface area contributed by atoms with Crippen molar-refractivity contribution in [1.82, 2.24) is 0 Å². The van der Waals surface area contributed by atoms with Gasteiger partial charge in [-0.1, -0.05) is 303 Å². The quantitative estimate of drug-likeness (QED) is 0.0169. The average molecular weight is 1530 g/mol. The molecule has 3 N–H and O–H groups in total. The van der Waals surface area contributed by atoms with Crippen LogP contribution in [-0.2, 0) is 65.4 Å². The summed E-state index contributed by atoms with van der Waals surface area (Å²) in [4.78, 5) is 73.1. The Bertz CT molecular complexity index is 2530. The number of hydrogen-bond donors (Lipinski definition) is 3. The molecule has 0 aromatic rings. The molecule has 0 rings (SSSR count). The third-order valence-electron chi connectivity index (χ3n) is 17.1. The molecule has 0 saturated carbocycles. The summed E-state index contributed by atoms with van der Waals surface area (Å²) in [6.45, 7) is 4.59. The van der Waals surface area contributed by atoms with E-state index in [1.54, 1.807) is 0 Å². The second-order valence-corrected chi connectivity index (χ2v) is 30.2. The summed E-state index contributed by atoms with van der Waals surface area (Å²) in [6.07, 6.45) is 88.4. The van der Waals surface area contributed by atoms with Gasteiger partial charge >= 0.3 is 39.5 Å². The molecule has 106 heavy (non-hydrogen) atoms. The molecule has 0 bridgehead atoms. The zero-order chi connectivity index (χ0) is 77.4. The number of unbranched alkanes of at least 4 members (excludes halogenated alkanes) is 29. The Morgan fingerprint density at radius 1 is 0.274 bits per heavy atom. The number of phosphoric ester groups is 2. The second-order valence-electron chi connectivity index (χ2n) is 27.3. The Kier molecular flexibility index (Phi) is 74.8. The Labute approximate surface area is 644 Å². The zero-order valence-corrected chi connectivity index (χ0v) is 68.4. The number of carbonyl (C=O) groups excluding carboxylic acids is 4. The van der Waals surface area contributed by atoms with Crippen molar-refractivity contribution < 1.29 is 80.2 Å². The van der Waals surface area contributed by atoms with Crippen LogP contribution in [-0.4, -0.2) is 96.7 Å². The average Bonchev–Trinajstić information content (AvgIpc) is 0.901. The standard InChI is InChI=1S/C87H148O17P2/c1-5-9-13-17-21-25-29-33-36-38-40-42-45-48-51-55-59-63-67-71-84(89)97-77-82(103-86(91)73-69-65-61-57-53-47-32-28-24-20-16-12-8-4)79-101-105(93,94)99-75-81(88)76-100-106(95,96)102-80-83(104-87(92)74-70-66-62-58-54-50-44-35-31-27-23-19-15-11-7-3)78-98-85(90)72-68-64-60-56-52-49-46-43-41-39-37-34-30-26-22-18-14-10-6-2/h9-10,13-14,21-23,25-27,33-37,40-44,48,51,81-83,88H,5-8,11-12,15-20,24,28-32,38-39,45-47,49-50,52-80H2,1-4H3,(H,93,94)(H,95,96)/b13-9-,14-10-,25-21-,26-22-,27-23-,36-33-,37-34-,42-40-,43-41-,44-35-,51-48-. The van der Waals surface area contributed by atoms with Gasteiger partial charge < -0.3 is 33.8 Å². The molecule has 0 saturated heterocycles. The third kappa shape index (κ3) is 77.4. The summed E-state index contributed by atoms with van der Waals surface area (Å²) in [5, 5.41) is 10.7. The number of esters is 4. The summed E-state index contributed by atoms with van der Waals surface area (Å²) in [5.41, 5.74) is 0. The molecular formula is C87H148O17P2. The molecule has 0 spiro atoms. The minimum atomic E-state index is -4.99. The van der Waals surface area contributed by atoms with Gasteiger partial charge in [0.25, 0.3) is 0 Å². The Morgan fingerprint density at radius 2 is 0.491 bits per heavy atom. The molecule has 0 fully saturated rings. The maximum absolute atomic E-state index is 13.1. The lowest BCUT2D eigenvalue weighted by molar-refractivity contribution is -0.161. The van der Waals surface area contributed by atoms with Gasteiger partial charge in [-0.3, -0.25) is 37.3 Å². The van der Waals surface area contributed by atoms with Gasteiger partial charge in [-0.25, -0.2) is 9.13 Å². The van der Waals surface area contributed by atoms with Gasteiger partial charge in [0.2, 0.25) is 0 Å². The van der Waals surface area contributed by atoms with Crippen LogP contribution in [0, 0.1) is 0 Å². The van der Waals surface area contributed by atoms with Crippen LogP contribution in [0.4, 0.5) is 0 Å². The molecule has 0 aliphatic rings. The highest BCUT2D eigenvalue weighted by atomic mass is 31.2. The van der Waals surface area contributed by atoms with E-state index in [0.29, 0.717) is 25.7 Å². The maximum atomic E-state index is 13.1. The number of aliphatic hydroxyl groups excluding tert-OH is 1. The third-order valence-corrected chi connectivity index (χ3v) is 19.0. The van der Waals surface area contributed by atoms with Crippen molar-refractivity contribution in [3.8, 4) is 0 Å². The molecule has 0 amide bonds. The number of hydrogen-bond acceptors (Lipinski definition) is 15. The van der Waals surface area contributed by atoms with Crippen LogP contribution >= 0.6 is 15.6 Å². The van der Waals surface area contributed by atoms with Crippen molar-refractivity contribution >= 4 is 39.5 Å². The minimum absolute atomic E-state index is 0.0728. The summed E-state index contributed by atoms with van der Waals surface area (Å²) < 4.78 is 68.7. The summed E-state index contributed by atoms with van der Waals surface area (Å²) >= 11 is 0. The first kappa shape index (κ1) is 101. The van der Waals surface area contributed by atoms with E-state index in [4.69, 9.17) is 37.0 Å². The van der Waals surface area contributed by atoms with Gasteiger partial charge in [-0.15, -0.1) is 0 Å². The fourth-order valence-corrected chi connectivity index (χ4v) is 12.4. The lowest BCUT2D eigenvalue weighted by atomic mass is 10.0. The number of allylic oxidation sites excluding steroid dienone is 22. The van der Waals surface area contributed by atoms with Crippen molar-refractivity contribution in [2.75, 3.05) is 39.6 Å². The summed E-state index contributed by atoms with van der Waals surface area (Å²) in [7, 11) is -9.98. The molecule has 0 aromatic carbocycles. The van der Waals surface area contributed by atoms with Crippen LogP contribution < -0.4 is 0 Å². The van der Waals surface area contributed by atoms with Crippen molar-refractivity contribution in [3.63, 3.8) is 0 Å². The fourth-order valence-electron chi connectivity index (χ4n) is 10.9. The van der Waals surface area contributed by atoms with Gasteiger partial charge in [0.15, 0.2) is 12.2 Å². The van der Waals surface area contributed by atoms with Gasteiger partial charge in [0.05, 0.1) is 26.4 Å². The molecule has 0 radical (unpaired) electrons. The first-order valence-electron chi connectivity index (χ1n) is 41.4. The van der Waals surface area contributed by atoms with Crippen molar-refractivity contribution in [2.45, 2.75) is 354 Å². The molecular weight excluding hydrogens is 1380 g/mol. The zero-order valence-electron chi connectivity index (χ0n) is 66.6. The highest BCUT2D eigenvalue weighted by Crippen LogP contribution is 2.45. The molecule has 5 atom stereocenters. The topological polar surface area (TPSA) is 237 Å². The molecule has 0 aliphatic carbocycles. The molecule has 17 nitrogen and oxygen atoms in total. The smallest absolute Gasteiger partial charge is 0.462 e. The Hall–Kier alpha value is -4.80. The first-order chi connectivity index (χ1) is 51.7. The fraction of sp³-hybridized carbons (Fsp3) is 0.701. The van der Waals surface area contributed by atoms with E-state index in [-0.39, 0.29) is 25.7 Å². The Morgan fingerprint density at radius 3 is 0.783 bits per heavy atom. The number of carbonyl (C=O) groups is 4. The maximum Gasteiger partial charge on any atom is 0.472 e. The van der Waals surface area contributed by atoms with E-state index in [2.05, 4.69) is 161 Å². The molecule has 5 unspecified atom stereocenters. The number of rotatable bonds is 77. The highest BCUT2D eigenvalue weighted by molar-refractivity contribution is 7.47. The minimum Gasteiger partial charge on any atom is -0.462 e. The van der Waals surface area contributed by atoms with Crippen molar-refractivity contribution in [2.24, 2.45) is 0 Å². The van der Waals surface area contributed by atoms with Crippen molar-refractivity contribution in [3.05, 3.63) is 134 Å². The predicted molar refractivity (Wildman–Crippen MR) is 436 cm³/mol. The SMILES string of the molecule is CC/C=C\C/C=C\C/C=C\C/C=C\C/C=C\CCCCCC(=O)OCC(COP(=O)(O)OCC(O)COP(=O)(O)OCC(COC(=O)CCCCCCCC/C=C\C/C=C\C/C=C\C/C=C\CC)OC(=O)CCCCCCC/C=C\C/C=C\CCCCC)OC(=O)CCCCCCCCCCCCCCC. The molecule has 0 aromatic heterocycles. The number of aliphatic hydroxyl groups is 1. The van der Waals surface area contributed by atoms with E-state index in [1.807, 2.05) is 0 Å². The van der Waals surface area contributed by atoms with E-state index >= 15 is 0 Å². The van der Waals surface area contributed by atoms with Crippen LogP contribution in [0.15, 0.2) is 134 Å². The predicted octanol–water partition coefficient (Wildman–Crippen LogP) is 24.4. The van der Waals surface area contributed by atoms with Gasteiger partial charge in [0, 0.05) is 25.7 Å². The summed E-state index contributed by atoms with van der Waals surface area (Å²) in [6, 6.07) is 0.